The van der Waals surface area contributed by atoms with Gasteiger partial charge in [-0.1, -0.05) is 17.7 Å². The van der Waals surface area contributed by atoms with E-state index in [1.165, 1.54) is 0 Å². The van der Waals surface area contributed by atoms with Gasteiger partial charge in [-0.3, -0.25) is 9.59 Å². The number of methoxy groups -OCH3 is 1. The molecule has 1 amide bonds. The SMILES string of the molecule is COc1ccc(NC(=O)c2cc(=O)c3cccc(Cl)c3o2)c(C)c1. The van der Waals surface area contributed by atoms with Crippen LogP contribution in [0.3, 0.4) is 0 Å². The van der Waals surface area contributed by atoms with Crippen molar-refractivity contribution >= 4 is 34.2 Å². The molecule has 3 aromatic rings. The molecule has 0 spiro atoms. The van der Waals surface area contributed by atoms with Crippen LogP contribution in [0.5, 0.6) is 5.75 Å². The second-order valence-electron chi connectivity index (χ2n) is 5.23. The number of aryl methyl sites for hydroxylation is 1. The summed E-state index contributed by atoms with van der Waals surface area (Å²) in [6.45, 7) is 1.84. The minimum atomic E-state index is -0.526. The van der Waals surface area contributed by atoms with Crippen LogP contribution in [0.25, 0.3) is 11.0 Å². The fraction of sp³-hybridized carbons (Fsp3) is 0.111. The summed E-state index contributed by atoms with van der Waals surface area (Å²) in [5, 5.41) is 3.33. The molecule has 1 heterocycles. The first-order chi connectivity index (χ1) is 11.5. The molecular formula is C18H14ClNO4. The number of para-hydroxylation sites is 1. The molecule has 0 aliphatic rings. The van der Waals surface area contributed by atoms with Gasteiger partial charge >= 0.3 is 0 Å². The molecule has 0 aliphatic carbocycles. The van der Waals surface area contributed by atoms with Gasteiger partial charge in [-0.15, -0.1) is 0 Å². The summed E-state index contributed by atoms with van der Waals surface area (Å²) in [5.74, 6) is 0.0625. The number of rotatable bonds is 3. The Balaban J connectivity index is 1.97. The highest BCUT2D eigenvalue weighted by molar-refractivity contribution is 6.34. The van der Waals surface area contributed by atoms with Gasteiger partial charge in [-0.05, 0) is 42.8 Å². The maximum absolute atomic E-state index is 12.4. The van der Waals surface area contributed by atoms with E-state index in [0.717, 1.165) is 11.6 Å². The minimum Gasteiger partial charge on any atom is -0.497 e. The van der Waals surface area contributed by atoms with Crippen molar-refractivity contribution in [3.05, 3.63) is 69.0 Å². The average molecular weight is 344 g/mol. The van der Waals surface area contributed by atoms with E-state index in [0.29, 0.717) is 16.8 Å². The number of anilines is 1. The van der Waals surface area contributed by atoms with Gasteiger partial charge in [-0.2, -0.15) is 0 Å². The average Bonchev–Trinajstić information content (AvgIpc) is 2.57. The van der Waals surface area contributed by atoms with Crippen molar-refractivity contribution in [3.63, 3.8) is 0 Å². The van der Waals surface area contributed by atoms with Gasteiger partial charge in [0.05, 0.1) is 17.5 Å². The molecule has 3 rings (SSSR count). The first kappa shape index (κ1) is 16.1. The molecule has 1 aromatic heterocycles. The lowest BCUT2D eigenvalue weighted by Crippen LogP contribution is -2.15. The van der Waals surface area contributed by atoms with Gasteiger partial charge in [0, 0.05) is 11.8 Å². The number of nitrogens with one attached hydrogen (secondary N) is 1. The van der Waals surface area contributed by atoms with E-state index in [-0.39, 0.29) is 21.8 Å². The second kappa shape index (κ2) is 6.37. The molecule has 1 N–H and O–H groups in total. The molecule has 0 atom stereocenters. The Labute approximate surface area is 142 Å². The Morgan fingerprint density at radius 1 is 1.21 bits per heavy atom. The van der Waals surface area contributed by atoms with Crippen molar-refractivity contribution in [3.8, 4) is 5.75 Å². The molecular weight excluding hydrogens is 330 g/mol. The van der Waals surface area contributed by atoms with Crippen LogP contribution in [-0.4, -0.2) is 13.0 Å². The maximum atomic E-state index is 12.4. The monoisotopic (exact) mass is 343 g/mol. The zero-order valence-corrected chi connectivity index (χ0v) is 13.8. The lowest BCUT2D eigenvalue weighted by atomic mass is 10.2. The number of hydrogen-bond acceptors (Lipinski definition) is 4. The number of carbonyl (C=O) groups excluding carboxylic acids is 1. The smallest absolute Gasteiger partial charge is 0.291 e. The normalized spacial score (nSPS) is 10.6. The number of amides is 1. The highest BCUT2D eigenvalue weighted by atomic mass is 35.5. The summed E-state index contributed by atoms with van der Waals surface area (Å²) in [6, 6.07) is 11.3. The van der Waals surface area contributed by atoms with Crippen molar-refractivity contribution in [1.29, 1.82) is 0 Å². The van der Waals surface area contributed by atoms with Gasteiger partial charge in [0.15, 0.2) is 16.8 Å². The zero-order valence-electron chi connectivity index (χ0n) is 13.1. The molecule has 0 aliphatic heterocycles. The first-order valence-electron chi connectivity index (χ1n) is 7.18. The molecule has 0 fully saturated rings. The molecule has 0 unspecified atom stereocenters. The summed E-state index contributed by atoms with van der Waals surface area (Å²) in [7, 11) is 1.57. The topological polar surface area (TPSA) is 68.5 Å². The van der Waals surface area contributed by atoms with Crippen LogP contribution in [0.15, 0.2) is 51.7 Å². The molecule has 0 saturated heterocycles. The highest BCUT2D eigenvalue weighted by Gasteiger charge is 2.15. The molecule has 0 bridgehead atoms. The fourth-order valence-corrected chi connectivity index (χ4v) is 2.56. The van der Waals surface area contributed by atoms with Crippen LogP contribution >= 0.6 is 11.6 Å². The van der Waals surface area contributed by atoms with E-state index < -0.39 is 5.91 Å². The predicted molar refractivity (Wildman–Crippen MR) is 93.2 cm³/mol. The second-order valence-corrected chi connectivity index (χ2v) is 5.63. The Morgan fingerprint density at radius 2 is 2.00 bits per heavy atom. The van der Waals surface area contributed by atoms with Crippen LogP contribution in [-0.2, 0) is 0 Å². The first-order valence-corrected chi connectivity index (χ1v) is 7.56. The van der Waals surface area contributed by atoms with Crippen LogP contribution in [0, 0.1) is 6.92 Å². The van der Waals surface area contributed by atoms with E-state index >= 15 is 0 Å². The zero-order chi connectivity index (χ0) is 17.3. The summed E-state index contributed by atoms with van der Waals surface area (Å²) < 4.78 is 10.7. The van der Waals surface area contributed by atoms with Crippen LogP contribution in [0.4, 0.5) is 5.69 Å². The van der Waals surface area contributed by atoms with Crippen molar-refractivity contribution in [2.45, 2.75) is 6.92 Å². The van der Waals surface area contributed by atoms with Gasteiger partial charge in [0.2, 0.25) is 0 Å². The molecule has 24 heavy (non-hydrogen) atoms. The summed E-state index contributed by atoms with van der Waals surface area (Å²) >= 11 is 6.05. The molecule has 5 nitrogen and oxygen atoms in total. The Morgan fingerprint density at radius 3 is 2.71 bits per heavy atom. The number of carbonyl (C=O) groups is 1. The van der Waals surface area contributed by atoms with Gasteiger partial charge in [-0.25, -0.2) is 0 Å². The largest absolute Gasteiger partial charge is 0.497 e. The number of hydrogen-bond donors (Lipinski definition) is 1. The number of halogens is 1. The van der Waals surface area contributed by atoms with Crippen molar-refractivity contribution < 1.29 is 13.9 Å². The Kier molecular flexibility index (Phi) is 4.27. The van der Waals surface area contributed by atoms with Crippen molar-refractivity contribution in [2.24, 2.45) is 0 Å². The molecule has 0 saturated carbocycles. The van der Waals surface area contributed by atoms with E-state index in [2.05, 4.69) is 5.32 Å². The third kappa shape index (κ3) is 2.98. The molecule has 2 aromatic carbocycles. The van der Waals surface area contributed by atoms with Crippen LogP contribution < -0.4 is 15.5 Å². The maximum Gasteiger partial charge on any atom is 0.291 e. The van der Waals surface area contributed by atoms with Gasteiger partial charge in [0.25, 0.3) is 5.91 Å². The van der Waals surface area contributed by atoms with E-state index in [4.69, 9.17) is 20.8 Å². The number of ether oxygens (including phenoxy) is 1. The number of benzene rings is 2. The lowest BCUT2D eigenvalue weighted by Gasteiger charge is -2.10. The predicted octanol–water partition coefficient (Wildman–Crippen LogP) is 4.02. The third-order valence-corrected chi connectivity index (χ3v) is 3.91. The van der Waals surface area contributed by atoms with Crippen molar-refractivity contribution in [1.82, 2.24) is 0 Å². The van der Waals surface area contributed by atoms with Gasteiger partial charge < -0.3 is 14.5 Å². The molecule has 122 valence electrons. The van der Waals surface area contributed by atoms with Crippen LogP contribution in [0.2, 0.25) is 5.02 Å². The fourth-order valence-electron chi connectivity index (χ4n) is 2.34. The number of fused-ring (bicyclic) bond motifs is 1. The van der Waals surface area contributed by atoms with E-state index in [1.54, 1.807) is 43.5 Å². The Hall–Kier alpha value is -2.79. The summed E-state index contributed by atoms with van der Waals surface area (Å²) in [5.41, 5.74) is 1.30. The Bertz CT molecular complexity index is 994. The summed E-state index contributed by atoms with van der Waals surface area (Å²) in [6.07, 6.45) is 0. The molecule has 0 radical (unpaired) electrons. The highest BCUT2D eigenvalue weighted by Crippen LogP contribution is 2.24. The van der Waals surface area contributed by atoms with E-state index in [9.17, 15) is 9.59 Å². The summed E-state index contributed by atoms with van der Waals surface area (Å²) in [4.78, 5) is 24.6. The van der Waals surface area contributed by atoms with Gasteiger partial charge in [0.1, 0.15) is 5.75 Å². The quantitative estimate of drug-likeness (QED) is 0.780. The third-order valence-electron chi connectivity index (χ3n) is 3.61. The van der Waals surface area contributed by atoms with Crippen LogP contribution in [0.1, 0.15) is 16.1 Å². The minimum absolute atomic E-state index is 0.101. The van der Waals surface area contributed by atoms with E-state index in [1.807, 2.05) is 6.92 Å². The molecule has 6 heteroatoms. The standard InChI is InChI=1S/C18H14ClNO4/c1-10-8-11(23-2)6-7-14(10)20-18(22)16-9-15(21)12-4-3-5-13(19)17(12)24-16/h3-9H,1-2H3,(H,20,22). The van der Waals surface area contributed by atoms with Crippen molar-refractivity contribution in [2.75, 3.05) is 12.4 Å². The lowest BCUT2D eigenvalue weighted by molar-refractivity contribution is 0.0997.